The first-order valence-corrected chi connectivity index (χ1v) is 11.0. The van der Waals surface area contributed by atoms with Crippen LogP contribution in [0.2, 0.25) is 0 Å². The molecule has 1 N–H and O–H groups in total. The van der Waals surface area contributed by atoms with Crippen LogP contribution in [-0.2, 0) is 23.9 Å². The number of hydrogen-bond acceptors (Lipinski definition) is 5. The van der Waals surface area contributed by atoms with Crippen molar-refractivity contribution in [2.24, 2.45) is 41.4 Å². The Hall–Kier alpha value is -3.03. The molecule has 1 aromatic carbocycles. The van der Waals surface area contributed by atoms with Crippen LogP contribution in [0.3, 0.4) is 0 Å². The van der Waals surface area contributed by atoms with Gasteiger partial charge in [0.1, 0.15) is 11.9 Å². The van der Waals surface area contributed by atoms with E-state index in [9.17, 15) is 23.6 Å². The number of rotatable bonds is 6. The quantitative estimate of drug-likeness (QED) is 0.417. The molecule has 5 aliphatic rings. The number of imide groups is 1. The summed E-state index contributed by atoms with van der Waals surface area (Å²) < 4.78 is 18.2. The Morgan fingerprint density at radius 1 is 1.06 bits per heavy atom. The van der Waals surface area contributed by atoms with E-state index in [4.69, 9.17) is 4.74 Å². The minimum absolute atomic E-state index is 0.0711. The molecule has 168 valence electrons. The minimum atomic E-state index is -1.07. The van der Waals surface area contributed by atoms with Gasteiger partial charge in [-0.1, -0.05) is 26.0 Å². The standard InChI is InChI=1S/C24H25FN2O5/c1-11(2)21(24(31)32-10-18(28)26-13-5-3-12(25)4-6-13)27-22(29)19-14-7-8-15(17-9-16(14)17)20(19)23(27)30/h3-8,11,14-17,19-21H,9-10H2,1-2H3,(H,26,28)/t14-,15-,16-,17+,19+,20-,21+/m1/s1. The van der Waals surface area contributed by atoms with Gasteiger partial charge in [-0.05, 0) is 60.3 Å². The van der Waals surface area contributed by atoms with Gasteiger partial charge in [0.25, 0.3) is 5.91 Å². The van der Waals surface area contributed by atoms with Crippen LogP contribution in [0.1, 0.15) is 20.3 Å². The predicted octanol–water partition coefficient (Wildman–Crippen LogP) is 2.39. The molecular weight excluding hydrogens is 415 g/mol. The predicted molar refractivity (Wildman–Crippen MR) is 111 cm³/mol. The number of hydrogen-bond donors (Lipinski definition) is 1. The Balaban J connectivity index is 1.27. The summed E-state index contributed by atoms with van der Waals surface area (Å²) >= 11 is 0. The van der Waals surface area contributed by atoms with E-state index in [0.29, 0.717) is 17.5 Å². The summed E-state index contributed by atoms with van der Waals surface area (Å²) in [5, 5.41) is 2.51. The van der Waals surface area contributed by atoms with Crippen molar-refractivity contribution in [3.8, 4) is 0 Å². The molecule has 0 aromatic heterocycles. The number of carbonyl (C=O) groups excluding carboxylic acids is 4. The van der Waals surface area contributed by atoms with Crippen LogP contribution in [0.15, 0.2) is 36.4 Å². The summed E-state index contributed by atoms with van der Waals surface area (Å²) in [6.45, 7) is 2.92. The second-order valence-electron chi connectivity index (χ2n) is 9.55. The van der Waals surface area contributed by atoms with Crippen LogP contribution in [0.25, 0.3) is 0 Å². The molecule has 32 heavy (non-hydrogen) atoms. The zero-order valence-corrected chi connectivity index (χ0v) is 17.9. The Labute approximate surface area is 185 Å². The van der Waals surface area contributed by atoms with Crippen LogP contribution in [-0.4, -0.2) is 41.2 Å². The van der Waals surface area contributed by atoms with Crippen molar-refractivity contribution in [2.75, 3.05) is 11.9 Å². The van der Waals surface area contributed by atoms with Crippen molar-refractivity contribution in [2.45, 2.75) is 26.3 Å². The van der Waals surface area contributed by atoms with Crippen molar-refractivity contribution in [3.63, 3.8) is 0 Å². The van der Waals surface area contributed by atoms with Gasteiger partial charge in [0.05, 0.1) is 11.8 Å². The van der Waals surface area contributed by atoms with Gasteiger partial charge in [-0.2, -0.15) is 0 Å². The summed E-state index contributed by atoms with van der Waals surface area (Å²) in [4.78, 5) is 52.8. The molecule has 6 rings (SSSR count). The average Bonchev–Trinajstić information content (AvgIpc) is 3.54. The topological polar surface area (TPSA) is 92.8 Å². The van der Waals surface area contributed by atoms with E-state index in [1.54, 1.807) is 13.8 Å². The minimum Gasteiger partial charge on any atom is -0.454 e. The van der Waals surface area contributed by atoms with Crippen molar-refractivity contribution in [1.82, 2.24) is 4.90 Å². The second-order valence-corrected chi connectivity index (χ2v) is 9.55. The lowest BCUT2D eigenvalue weighted by Crippen LogP contribution is -2.49. The Morgan fingerprint density at radius 3 is 2.16 bits per heavy atom. The molecule has 2 bridgehead atoms. The van der Waals surface area contributed by atoms with Crippen molar-refractivity contribution in [3.05, 3.63) is 42.2 Å². The van der Waals surface area contributed by atoms with Gasteiger partial charge in [-0.3, -0.25) is 19.3 Å². The number of carbonyl (C=O) groups is 4. The van der Waals surface area contributed by atoms with Crippen LogP contribution in [0.4, 0.5) is 10.1 Å². The highest BCUT2D eigenvalue weighted by atomic mass is 19.1. The van der Waals surface area contributed by atoms with Crippen molar-refractivity contribution < 1.29 is 28.3 Å². The fourth-order valence-electron chi connectivity index (χ4n) is 5.88. The van der Waals surface area contributed by atoms with E-state index in [1.807, 2.05) is 0 Å². The fourth-order valence-corrected chi connectivity index (χ4v) is 5.88. The van der Waals surface area contributed by atoms with Crippen LogP contribution in [0.5, 0.6) is 0 Å². The zero-order valence-electron chi connectivity index (χ0n) is 17.9. The van der Waals surface area contributed by atoms with Gasteiger partial charge in [0, 0.05) is 5.69 Å². The average molecular weight is 440 g/mol. The van der Waals surface area contributed by atoms with Gasteiger partial charge in [-0.25, -0.2) is 9.18 Å². The van der Waals surface area contributed by atoms with E-state index in [1.165, 1.54) is 24.3 Å². The SMILES string of the molecule is CC(C)[C@@H](C(=O)OCC(=O)Nc1ccc(F)cc1)N1C(=O)[C@@H]2[C@@H]3C=C[C@H]([C@H]4C[C@@H]34)[C@@H]2C1=O. The third-order valence-corrected chi connectivity index (χ3v) is 7.32. The number of anilines is 1. The van der Waals surface area contributed by atoms with Gasteiger partial charge < -0.3 is 10.1 Å². The third-order valence-electron chi connectivity index (χ3n) is 7.32. The lowest BCUT2D eigenvalue weighted by Gasteiger charge is -2.37. The number of esters is 1. The summed E-state index contributed by atoms with van der Waals surface area (Å²) in [5.74, 6) is -2.45. The third kappa shape index (κ3) is 3.24. The molecule has 1 aliphatic heterocycles. The van der Waals surface area contributed by atoms with Crippen LogP contribution >= 0.6 is 0 Å². The monoisotopic (exact) mass is 440 g/mol. The van der Waals surface area contributed by atoms with Crippen molar-refractivity contribution in [1.29, 1.82) is 0 Å². The van der Waals surface area contributed by atoms with E-state index in [-0.39, 0.29) is 29.6 Å². The highest BCUT2D eigenvalue weighted by molar-refractivity contribution is 6.09. The molecular formula is C24H25FN2O5. The Kier molecular flexibility index (Phi) is 4.91. The van der Waals surface area contributed by atoms with Crippen LogP contribution < -0.4 is 5.32 Å². The number of likely N-dealkylation sites (tertiary alicyclic amines) is 1. The van der Waals surface area contributed by atoms with Crippen molar-refractivity contribution >= 4 is 29.4 Å². The molecule has 1 saturated heterocycles. The molecule has 1 aromatic rings. The van der Waals surface area contributed by atoms with E-state index in [0.717, 1.165) is 11.3 Å². The highest BCUT2D eigenvalue weighted by Gasteiger charge is 2.68. The first-order chi connectivity index (χ1) is 15.3. The van der Waals surface area contributed by atoms with E-state index < -0.39 is 42.2 Å². The lowest BCUT2D eigenvalue weighted by molar-refractivity contribution is -0.162. The lowest BCUT2D eigenvalue weighted by atomic mass is 9.63. The molecule has 3 amide bonds. The van der Waals surface area contributed by atoms with Gasteiger partial charge in [0.2, 0.25) is 11.8 Å². The van der Waals surface area contributed by atoms with Gasteiger partial charge in [0.15, 0.2) is 6.61 Å². The maximum atomic E-state index is 13.3. The zero-order chi connectivity index (χ0) is 22.7. The number of benzene rings is 1. The molecule has 2 saturated carbocycles. The van der Waals surface area contributed by atoms with Crippen LogP contribution in [0, 0.1) is 47.2 Å². The molecule has 7 nitrogen and oxygen atoms in total. The summed E-state index contributed by atoms with van der Waals surface area (Å²) in [6, 6.07) is 4.11. The number of allylic oxidation sites excluding steroid dienone is 2. The summed E-state index contributed by atoms with van der Waals surface area (Å²) in [6.07, 6.45) is 5.23. The fraction of sp³-hybridized carbons (Fsp3) is 0.500. The molecule has 0 radical (unpaired) electrons. The molecule has 8 heteroatoms. The van der Waals surface area contributed by atoms with E-state index in [2.05, 4.69) is 17.5 Å². The number of nitrogens with one attached hydrogen (secondary N) is 1. The normalized spacial score (nSPS) is 32.6. The number of amides is 3. The molecule has 0 spiro atoms. The largest absolute Gasteiger partial charge is 0.454 e. The van der Waals surface area contributed by atoms with E-state index >= 15 is 0 Å². The molecule has 4 aliphatic carbocycles. The molecule has 3 fully saturated rings. The number of halogens is 1. The second kappa shape index (κ2) is 7.53. The smallest absolute Gasteiger partial charge is 0.330 e. The summed E-state index contributed by atoms with van der Waals surface area (Å²) in [5.41, 5.74) is 0.364. The molecule has 1 heterocycles. The summed E-state index contributed by atoms with van der Waals surface area (Å²) in [7, 11) is 0. The Morgan fingerprint density at radius 2 is 1.62 bits per heavy atom. The van der Waals surface area contributed by atoms with Gasteiger partial charge >= 0.3 is 5.97 Å². The Bertz CT molecular complexity index is 984. The highest BCUT2D eigenvalue weighted by Crippen LogP contribution is 2.65. The number of nitrogens with zero attached hydrogens (tertiary/aromatic N) is 1. The maximum absolute atomic E-state index is 13.3. The maximum Gasteiger partial charge on any atom is 0.330 e. The first-order valence-electron chi connectivity index (χ1n) is 11.0. The molecule has 7 atom stereocenters. The van der Waals surface area contributed by atoms with Gasteiger partial charge in [-0.15, -0.1) is 0 Å². The number of ether oxygens (including phenoxy) is 1. The first kappa shape index (κ1) is 20.8. The molecule has 0 unspecified atom stereocenters.